The number of para-hydroxylation sites is 1. The summed E-state index contributed by atoms with van der Waals surface area (Å²) in [7, 11) is 0. The van der Waals surface area contributed by atoms with Gasteiger partial charge in [-0.2, -0.15) is 5.10 Å². The van der Waals surface area contributed by atoms with E-state index in [0.29, 0.717) is 39.0 Å². The van der Waals surface area contributed by atoms with E-state index in [9.17, 15) is 9.90 Å². The van der Waals surface area contributed by atoms with Crippen LogP contribution in [0.25, 0.3) is 22.3 Å². The number of nitrogens with zero attached hydrogens (tertiary/aromatic N) is 5. The number of nitrogens with one attached hydrogen (secondary N) is 1. The highest BCUT2D eigenvalue weighted by atomic mass is 35.5. The van der Waals surface area contributed by atoms with Crippen molar-refractivity contribution in [3.8, 4) is 22.6 Å². The molecule has 0 fully saturated rings. The Morgan fingerprint density at radius 1 is 1.11 bits per heavy atom. The lowest BCUT2D eigenvalue weighted by molar-refractivity contribution is 0.475. The second kappa shape index (κ2) is 8.77. The molecule has 0 saturated carbocycles. The average Bonchev–Trinajstić information content (AvgIpc) is 3.20. The van der Waals surface area contributed by atoms with Crippen molar-refractivity contribution in [3.63, 3.8) is 0 Å². The standard InChI is InChI=1S/C25H22ClN7O2/c1-14-8-9-32-21(14)25(35)33(18-6-4-3-5-7-18)24(31-32)15(2)30-23-20(22(27)28-13-29-23)16-10-17(26)12-19(34)11-16/h3-13,15,34H,1-2H3,(H3,27,28,29,30)/t15-/m0/s1. The molecule has 3 aromatic heterocycles. The maximum absolute atomic E-state index is 13.6. The van der Waals surface area contributed by atoms with E-state index in [4.69, 9.17) is 22.4 Å². The van der Waals surface area contributed by atoms with E-state index in [1.165, 1.54) is 18.5 Å². The summed E-state index contributed by atoms with van der Waals surface area (Å²) in [4.78, 5) is 22.1. The maximum atomic E-state index is 13.6. The predicted octanol–water partition coefficient (Wildman–Crippen LogP) is 4.36. The van der Waals surface area contributed by atoms with Crippen molar-refractivity contribution in [1.29, 1.82) is 0 Å². The summed E-state index contributed by atoms with van der Waals surface area (Å²) in [6.07, 6.45) is 3.11. The Morgan fingerprint density at radius 3 is 2.63 bits per heavy atom. The van der Waals surface area contributed by atoms with Crippen LogP contribution in [-0.2, 0) is 0 Å². The van der Waals surface area contributed by atoms with Crippen LogP contribution < -0.4 is 16.6 Å². The molecule has 1 atom stereocenters. The topological polar surface area (TPSA) is 123 Å². The number of phenolic OH excluding ortho intramolecular Hbond substituents is 1. The normalized spacial score (nSPS) is 12.1. The van der Waals surface area contributed by atoms with Crippen molar-refractivity contribution in [2.75, 3.05) is 11.1 Å². The van der Waals surface area contributed by atoms with Crippen LogP contribution in [0.4, 0.5) is 11.6 Å². The van der Waals surface area contributed by atoms with E-state index in [0.717, 1.165) is 5.56 Å². The van der Waals surface area contributed by atoms with Crippen LogP contribution in [-0.4, -0.2) is 29.3 Å². The molecule has 0 unspecified atom stereocenters. The van der Waals surface area contributed by atoms with E-state index < -0.39 is 6.04 Å². The third-order valence-electron chi connectivity index (χ3n) is 5.72. The summed E-state index contributed by atoms with van der Waals surface area (Å²) in [6.45, 7) is 3.76. The monoisotopic (exact) mass is 487 g/mol. The van der Waals surface area contributed by atoms with E-state index in [2.05, 4.69) is 15.3 Å². The van der Waals surface area contributed by atoms with Crippen LogP contribution in [0.2, 0.25) is 5.02 Å². The molecule has 0 aliphatic rings. The lowest BCUT2D eigenvalue weighted by atomic mass is 10.1. The van der Waals surface area contributed by atoms with Crippen molar-refractivity contribution in [3.05, 3.63) is 93.9 Å². The van der Waals surface area contributed by atoms with Gasteiger partial charge in [0.2, 0.25) is 0 Å². The van der Waals surface area contributed by atoms with Gasteiger partial charge < -0.3 is 16.2 Å². The maximum Gasteiger partial charge on any atom is 0.282 e. The molecule has 0 amide bonds. The fourth-order valence-electron chi connectivity index (χ4n) is 4.12. The van der Waals surface area contributed by atoms with E-state index in [1.54, 1.807) is 21.3 Å². The molecule has 0 bridgehead atoms. The number of hydrogen-bond acceptors (Lipinski definition) is 7. The van der Waals surface area contributed by atoms with Crippen LogP contribution in [0.3, 0.4) is 0 Å². The van der Waals surface area contributed by atoms with Gasteiger partial charge in [-0.3, -0.25) is 9.36 Å². The minimum Gasteiger partial charge on any atom is -0.508 e. The van der Waals surface area contributed by atoms with Crippen molar-refractivity contribution >= 4 is 28.8 Å². The van der Waals surface area contributed by atoms with Gasteiger partial charge >= 0.3 is 0 Å². The molecule has 5 aromatic rings. The largest absolute Gasteiger partial charge is 0.508 e. The Kier molecular flexibility index (Phi) is 5.62. The summed E-state index contributed by atoms with van der Waals surface area (Å²) >= 11 is 6.16. The lowest BCUT2D eigenvalue weighted by Crippen LogP contribution is -2.29. The van der Waals surface area contributed by atoms with Crippen LogP contribution >= 0.6 is 11.6 Å². The summed E-state index contributed by atoms with van der Waals surface area (Å²) < 4.78 is 3.18. The van der Waals surface area contributed by atoms with Gasteiger partial charge in [-0.15, -0.1) is 0 Å². The number of aromatic hydroxyl groups is 1. The molecule has 0 aliphatic carbocycles. The number of aryl methyl sites for hydroxylation is 1. The van der Waals surface area contributed by atoms with Gasteiger partial charge in [0.25, 0.3) is 5.56 Å². The number of aromatic nitrogens is 5. The van der Waals surface area contributed by atoms with E-state index >= 15 is 0 Å². The van der Waals surface area contributed by atoms with Gasteiger partial charge in [0.1, 0.15) is 29.2 Å². The highest BCUT2D eigenvalue weighted by molar-refractivity contribution is 6.31. The molecule has 0 radical (unpaired) electrons. The highest BCUT2D eigenvalue weighted by Gasteiger charge is 2.22. The zero-order valence-electron chi connectivity index (χ0n) is 19.0. The lowest BCUT2D eigenvalue weighted by Gasteiger charge is -2.21. The number of rotatable bonds is 5. The summed E-state index contributed by atoms with van der Waals surface area (Å²) in [5.41, 5.74) is 9.08. The molecule has 2 aromatic carbocycles. The Hall–Kier alpha value is -4.37. The highest BCUT2D eigenvalue weighted by Crippen LogP contribution is 2.36. The van der Waals surface area contributed by atoms with Crippen molar-refractivity contribution in [2.45, 2.75) is 19.9 Å². The summed E-state index contributed by atoms with van der Waals surface area (Å²) in [5, 5.41) is 18.5. The number of fused-ring (bicyclic) bond motifs is 1. The van der Waals surface area contributed by atoms with Crippen molar-refractivity contribution < 1.29 is 5.11 Å². The first kappa shape index (κ1) is 22.4. The van der Waals surface area contributed by atoms with E-state index in [1.807, 2.05) is 50.2 Å². The van der Waals surface area contributed by atoms with Crippen LogP contribution in [0.15, 0.2) is 71.9 Å². The molecule has 0 saturated heterocycles. The minimum atomic E-state index is -0.476. The van der Waals surface area contributed by atoms with Gasteiger partial charge in [0.15, 0.2) is 5.82 Å². The molecule has 0 aliphatic heterocycles. The van der Waals surface area contributed by atoms with E-state index in [-0.39, 0.29) is 17.1 Å². The summed E-state index contributed by atoms with van der Waals surface area (Å²) in [6, 6.07) is 15.3. The molecule has 4 N–H and O–H groups in total. The molecule has 10 heteroatoms. The van der Waals surface area contributed by atoms with Crippen molar-refractivity contribution in [2.24, 2.45) is 0 Å². The average molecular weight is 488 g/mol. The zero-order valence-corrected chi connectivity index (χ0v) is 19.7. The van der Waals surface area contributed by atoms with Crippen molar-refractivity contribution in [1.82, 2.24) is 24.1 Å². The Balaban J connectivity index is 1.66. The molecular weight excluding hydrogens is 466 g/mol. The molecule has 176 valence electrons. The molecule has 0 spiro atoms. The Bertz CT molecular complexity index is 1590. The minimum absolute atomic E-state index is 0.0113. The second-order valence-electron chi connectivity index (χ2n) is 8.17. The number of phenols is 1. The number of anilines is 2. The number of halogens is 1. The zero-order chi connectivity index (χ0) is 24.7. The third-order valence-corrected chi connectivity index (χ3v) is 5.93. The van der Waals surface area contributed by atoms with Crippen LogP contribution in [0, 0.1) is 6.92 Å². The molecule has 5 rings (SSSR count). The molecule has 35 heavy (non-hydrogen) atoms. The quantitative estimate of drug-likeness (QED) is 0.336. The van der Waals surface area contributed by atoms with Gasteiger partial charge in [-0.25, -0.2) is 14.5 Å². The van der Waals surface area contributed by atoms with Gasteiger partial charge in [-0.05, 0) is 61.4 Å². The second-order valence-corrected chi connectivity index (χ2v) is 8.61. The molecular formula is C25H22ClN7O2. The summed E-state index contributed by atoms with van der Waals surface area (Å²) in [5.74, 6) is 1.08. The van der Waals surface area contributed by atoms with Crippen LogP contribution in [0.5, 0.6) is 5.75 Å². The predicted molar refractivity (Wildman–Crippen MR) is 136 cm³/mol. The number of benzene rings is 2. The Labute approximate surface area is 205 Å². The van der Waals surface area contributed by atoms with Gasteiger partial charge in [0.05, 0.1) is 17.3 Å². The fourth-order valence-corrected chi connectivity index (χ4v) is 4.35. The first-order valence-corrected chi connectivity index (χ1v) is 11.2. The third kappa shape index (κ3) is 4.06. The first-order valence-electron chi connectivity index (χ1n) is 10.9. The number of nitrogen functional groups attached to an aromatic ring is 1. The molecule has 3 heterocycles. The smallest absolute Gasteiger partial charge is 0.282 e. The number of hydrogen-bond donors (Lipinski definition) is 3. The van der Waals surface area contributed by atoms with Crippen LogP contribution in [0.1, 0.15) is 24.4 Å². The fraction of sp³-hybridized carbons (Fsp3) is 0.120. The van der Waals surface area contributed by atoms with Gasteiger partial charge in [-0.1, -0.05) is 29.8 Å². The van der Waals surface area contributed by atoms with Gasteiger partial charge in [0, 0.05) is 11.2 Å². The Morgan fingerprint density at radius 2 is 1.89 bits per heavy atom. The number of nitrogens with two attached hydrogens (primary N) is 1. The molecule has 9 nitrogen and oxygen atoms in total. The SMILES string of the molecule is Cc1ccn2nc([C@H](C)Nc3ncnc(N)c3-c3cc(O)cc(Cl)c3)n(-c3ccccc3)c(=O)c12. The first-order chi connectivity index (χ1) is 16.8.